The molecule has 0 heterocycles. The number of benzene rings is 1. The Morgan fingerprint density at radius 1 is 1.38 bits per heavy atom. The second-order valence-corrected chi connectivity index (χ2v) is 2.91. The van der Waals surface area contributed by atoms with Crippen molar-refractivity contribution in [3.8, 4) is 0 Å². The Balaban J connectivity index is 2.59. The lowest BCUT2D eigenvalue weighted by molar-refractivity contribution is -0.135. The third-order valence-corrected chi connectivity index (χ3v) is 1.68. The summed E-state index contributed by atoms with van der Waals surface area (Å²) in [5, 5.41) is 8.38. The molecule has 0 aliphatic rings. The molecule has 13 heavy (non-hydrogen) atoms. The summed E-state index contributed by atoms with van der Waals surface area (Å²) in [6.07, 6.45) is 3.54. The standard InChI is InChI=1S/C11H12O2/c1-9-5-7-10(8-6-9)3-2-4-11(12)13/h2-3,5-8H,4H2,1H3,(H,12,13). The first-order chi connectivity index (χ1) is 6.18. The number of hydrogen-bond donors (Lipinski definition) is 1. The van der Waals surface area contributed by atoms with Crippen LogP contribution in [-0.4, -0.2) is 11.1 Å². The average molecular weight is 176 g/mol. The van der Waals surface area contributed by atoms with Gasteiger partial charge in [-0.25, -0.2) is 0 Å². The van der Waals surface area contributed by atoms with Crippen molar-refractivity contribution in [1.82, 2.24) is 0 Å². The zero-order chi connectivity index (χ0) is 9.68. The summed E-state index contributed by atoms with van der Waals surface area (Å²) in [4.78, 5) is 10.2. The van der Waals surface area contributed by atoms with Gasteiger partial charge in [-0.2, -0.15) is 0 Å². The minimum absolute atomic E-state index is 0.0773. The summed E-state index contributed by atoms with van der Waals surface area (Å²) in [7, 11) is 0. The molecule has 1 rings (SSSR count). The van der Waals surface area contributed by atoms with Gasteiger partial charge in [0.25, 0.3) is 0 Å². The maximum absolute atomic E-state index is 10.2. The van der Waals surface area contributed by atoms with E-state index in [-0.39, 0.29) is 6.42 Å². The molecule has 0 bridgehead atoms. The summed E-state index contributed by atoms with van der Waals surface area (Å²) in [6.45, 7) is 2.02. The van der Waals surface area contributed by atoms with Crippen LogP contribution >= 0.6 is 0 Å². The maximum Gasteiger partial charge on any atom is 0.307 e. The van der Waals surface area contributed by atoms with Crippen LogP contribution in [0.25, 0.3) is 6.08 Å². The lowest BCUT2D eigenvalue weighted by Crippen LogP contribution is -1.89. The molecule has 2 nitrogen and oxygen atoms in total. The van der Waals surface area contributed by atoms with Crippen molar-refractivity contribution in [1.29, 1.82) is 0 Å². The normalized spacial score (nSPS) is 10.5. The predicted octanol–water partition coefficient (Wildman–Crippen LogP) is 2.48. The van der Waals surface area contributed by atoms with E-state index in [1.807, 2.05) is 37.3 Å². The van der Waals surface area contributed by atoms with Gasteiger partial charge in [0.15, 0.2) is 0 Å². The zero-order valence-corrected chi connectivity index (χ0v) is 7.53. The predicted molar refractivity (Wildman–Crippen MR) is 52.5 cm³/mol. The Morgan fingerprint density at radius 2 is 2.00 bits per heavy atom. The molecule has 0 spiro atoms. The van der Waals surface area contributed by atoms with E-state index >= 15 is 0 Å². The molecular formula is C11H12O2. The SMILES string of the molecule is Cc1ccc(C=CCC(=O)O)cc1. The highest BCUT2D eigenvalue weighted by atomic mass is 16.4. The lowest BCUT2D eigenvalue weighted by Gasteiger charge is -1.93. The molecule has 1 aromatic carbocycles. The first-order valence-electron chi connectivity index (χ1n) is 4.13. The third-order valence-electron chi connectivity index (χ3n) is 1.68. The van der Waals surface area contributed by atoms with E-state index in [2.05, 4.69) is 0 Å². The van der Waals surface area contributed by atoms with Gasteiger partial charge >= 0.3 is 5.97 Å². The molecule has 0 aromatic heterocycles. The van der Waals surface area contributed by atoms with E-state index in [9.17, 15) is 4.79 Å². The van der Waals surface area contributed by atoms with Crippen LogP contribution in [-0.2, 0) is 4.79 Å². The van der Waals surface area contributed by atoms with E-state index in [0.29, 0.717) is 0 Å². The molecule has 0 radical (unpaired) electrons. The van der Waals surface area contributed by atoms with Gasteiger partial charge in [-0.15, -0.1) is 0 Å². The van der Waals surface area contributed by atoms with Gasteiger partial charge in [-0.1, -0.05) is 42.0 Å². The van der Waals surface area contributed by atoms with Gasteiger partial charge in [-0.05, 0) is 12.5 Å². The summed E-state index contributed by atoms with van der Waals surface area (Å²) < 4.78 is 0. The summed E-state index contributed by atoms with van der Waals surface area (Å²) in [6, 6.07) is 7.93. The second kappa shape index (κ2) is 4.45. The van der Waals surface area contributed by atoms with Gasteiger partial charge < -0.3 is 5.11 Å². The molecule has 0 amide bonds. The molecule has 1 aromatic rings. The zero-order valence-electron chi connectivity index (χ0n) is 7.53. The number of aliphatic carboxylic acids is 1. The Hall–Kier alpha value is -1.57. The molecule has 0 aliphatic carbocycles. The van der Waals surface area contributed by atoms with Crippen LogP contribution in [0.15, 0.2) is 30.3 Å². The number of carbonyl (C=O) groups is 1. The van der Waals surface area contributed by atoms with Crippen molar-refractivity contribution >= 4 is 12.0 Å². The van der Waals surface area contributed by atoms with Crippen LogP contribution in [0, 0.1) is 6.92 Å². The molecule has 1 N–H and O–H groups in total. The number of carboxylic acid groups (broad SMARTS) is 1. The van der Waals surface area contributed by atoms with Crippen LogP contribution < -0.4 is 0 Å². The van der Waals surface area contributed by atoms with Crippen molar-refractivity contribution in [2.24, 2.45) is 0 Å². The van der Waals surface area contributed by atoms with Crippen molar-refractivity contribution < 1.29 is 9.90 Å². The number of rotatable bonds is 3. The quantitative estimate of drug-likeness (QED) is 0.768. The fourth-order valence-corrected chi connectivity index (χ4v) is 0.973. The molecule has 0 saturated heterocycles. The molecule has 0 unspecified atom stereocenters. The van der Waals surface area contributed by atoms with Crippen molar-refractivity contribution in [3.63, 3.8) is 0 Å². The smallest absolute Gasteiger partial charge is 0.307 e. The molecular weight excluding hydrogens is 164 g/mol. The molecule has 0 saturated carbocycles. The van der Waals surface area contributed by atoms with E-state index < -0.39 is 5.97 Å². The van der Waals surface area contributed by atoms with Crippen LogP contribution in [0.2, 0.25) is 0 Å². The molecule has 0 atom stereocenters. The van der Waals surface area contributed by atoms with E-state index in [1.165, 1.54) is 5.56 Å². The molecule has 2 heteroatoms. The van der Waals surface area contributed by atoms with E-state index in [0.717, 1.165) is 5.56 Å². The Morgan fingerprint density at radius 3 is 2.54 bits per heavy atom. The first kappa shape index (κ1) is 9.52. The summed E-state index contributed by atoms with van der Waals surface area (Å²) >= 11 is 0. The van der Waals surface area contributed by atoms with Crippen molar-refractivity contribution in [2.75, 3.05) is 0 Å². The lowest BCUT2D eigenvalue weighted by atomic mass is 10.1. The maximum atomic E-state index is 10.2. The number of carboxylic acids is 1. The Labute approximate surface area is 77.5 Å². The minimum Gasteiger partial charge on any atom is -0.481 e. The van der Waals surface area contributed by atoms with Crippen LogP contribution in [0.4, 0.5) is 0 Å². The van der Waals surface area contributed by atoms with Crippen LogP contribution in [0.3, 0.4) is 0 Å². The minimum atomic E-state index is -0.802. The van der Waals surface area contributed by atoms with Gasteiger partial charge in [0.1, 0.15) is 0 Å². The monoisotopic (exact) mass is 176 g/mol. The second-order valence-electron chi connectivity index (χ2n) is 2.91. The van der Waals surface area contributed by atoms with Gasteiger partial charge in [-0.3, -0.25) is 4.79 Å². The van der Waals surface area contributed by atoms with Crippen LogP contribution in [0.5, 0.6) is 0 Å². The molecule has 0 fully saturated rings. The highest BCUT2D eigenvalue weighted by molar-refractivity contribution is 5.70. The number of hydrogen-bond acceptors (Lipinski definition) is 1. The summed E-state index contributed by atoms with van der Waals surface area (Å²) in [5.41, 5.74) is 2.24. The highest BCUT2D eigenvalue weighted by Gasteiger charge is 1.90. The highest BCUT2D eigenvalue weighted by Crippen LogP contribution is 2.05. The molecule has 0 aliphatic heterocycles. The van der Waals surface area contributed by atoms with Crippen molar-refractivity contribution in [3.05, 3.63) is 41.5 Å². The van der Waals surface area contributed by atoms with Gasteiger partial charge in [0.2, 0.25) is 0 Å². The Kier molecular flexibility index (Phi) is 3.26. The Bertz CT molecular complexity index is 309. The largest absolute Gasteiger partial charge is 0.481 e. The van der Waals surface area contributed by atoms with Crippen LogP contribution in [0.1, 0.15) is 17.5 Å². The fourth-order valence-electron chi connectivity index (χ4n) is 0.973. The third kappa shape index (κ3) is 3.56. The van der Waals surface area contributed by atoms with Gasteiger partial charge in [0.05, 0.1) is 6.42 Å². The summed E-state index contributed by atoms with van der Waals surface area (Å²) in [5.74, 6) is -0.802. The fraction of sp³-hybridized carbons (Fsp3) is 0.182. The van der Waals surface area contributed by atoms with Gasteiger partial charge in [0, 0.05) is 0 Å². The molecule has 68 valence electrons. The topological polar surface area (TPSA) is 37.3 Å². The number of aryl methyl sites for hydroxylation is 1. The average Bonchev–Trinajstić information content (AvgIpc) is 2.08. The van der Waals surface area contributed by atoms with Crippen molar-refractivity contribution in [2.45, 2.75) is 13.3 Å². The van der Waals surface area contributed by atoms with E-state index in [1.54, 1.807) is 6.08 Å². The first-order valence-corrected chi connectivity index (χ1v) is 4.13. The van der Waals surface area contributed by atoms with E-state index in [4.69, 9.17) is 5.11 Å².